The van der Waals surface area contributed by atoms with Gasteiger partial charge < -0.3 is 4.74 Å². The number of fused-ring (bicyclic) bond motifs is 5. The number of hydrogen-bond donors (Lipinski definition) is 0. The molecule has 114 valence electrons. The van der Waals surface area contributed by atoms with Crippen LogP contribution in [0, 0.1) is 0 Å². The summed E-state index contributed by atoms with van der Waals surface area (Å²) in [6, 6.07) is 7.58. The zero-order valence-electron chi connectivity index (χ0n) is 12.4. The summed E-state index contributed by atoms with van der Waals surface area (Å²) >= 11 is 5.97. The van der Waals surface area contributed by atoms with Crippen molar-refractivity contribution in [2.45, 2.75) is 38.0 Å². The van der Waals surface area contributed by atoms with Gasteiger partial charge in [-0.3, -0.25) is 0 Å². The molecule has 2 aliphatic carbocycles. The van der Waals surface area contributed by atoms with Gasteiger partial charge in [0.05, 0.1) is 18.0 Å². The number of hydrogen-bond acceptors (Lipinski definition) is 3. The molecule has 2 aromatic rings. The van der Waals surface area contributed by atoms with Crippen LogP contribution in [0.3, 0.4) is 0 Å². The fourth-order valence-corrected chi connectivity index (χ4v) is 3.99. The van der Waals surface area contributed by atoms with Crippen molar-refractivity contribution in [3.05, 3.63) is 46.2 Å². The fraction of sp³-hybridized carbons (Fsp3) is 0.412. The van der Waals surface area contributed by atoms with Gasteiger partial charge >= 0.3 is 5.97 Å². The quantitative estimate of drug-likeness (QED) is 0.802. The molecule has 2 aliphatic rings. The lowest BCUT2D eigenvalue weighted by Gasteiger charge is -2.13. The third-order valence-corrected chi connectivity index (χ3v) is 4.98. The van der Waals surface area contributed by atoms with E-state index in [0.717, 1.165) is 24.1 Å². The van der Waals surface area contributed by atoms with Gasteiger partial charge in [-0.15, -0.1) is 0 Å². The normalized spacial score (nSPS) is 21.9. The Kier molecular flexibility index (Phi) is 3.22. The topological polar surface area (TPSA) is 44.1 Å². The second-order valence-electron chi connectivity index (χ2n) is 5.96. The van der Waals surface area contributed by atoms with Crippen molar-refractivity contribution >= 4 is 17.6 Å². The summed E-state index contributed by atoms with van der Waals surface area (Å²) in [7, 11) is 0. The highest BCUT2D eigenvalue weighted by molar-refractivity contribution is 6.30. The first-order chi connectivity index (χ1) is 10.7. The lowest BCUT2D eigenvalue weighted by atomic mass is 9.95. The van der Waals surface area contributed by atoms with E-state index in [1.54, 1.807) is 0 Å². The van der Waals surface area contributed by atoms with E-state index < -0.39 is 0 Å². The smallest absolute Gasteiger partial charge is 0.359 e. The van der Waals surface area contributed by atoms with Crippen LogP contribution in [0.5, 0.6) is 0 Å². The molecule has 0 N–H and O–H groups in total. The maximum absolute atomic E-state index is 12.3. The molecule has 1 fully saturated rings. The van der Waals surface area contributed by atoms with Gasteiger partial charge in [0.1, 0.15) is 0 Å². The third-order valence-electron chi connectivity index (χ3n) is 4.73. The van der Waals surface area contributed by atoms with E-state index in [4.69, 9.17) is 16.3 Å². The van der Waals surface area contributed by atoms with Gasteiger partial charge in [-0.2, -0.15) is 5.10 Å². The van der Waals surface area contributed by atoms with Crippen LogP contribution in [0.25, 0.3) is 5.69 Å². The first-order valence-electron chi connectivity index (χ1n) is 7.75. The van der Waals surface area contributed by atoms with Crippen molar-refractivity contribution in [1.82, 2.24) is 9.78 Å². The summed E-state index contributed by atoms with van der Waals surface area (Å²) in [4.78, 5) is 12.3. The van der Waals surface area contributed by atoms with E-state index in [1.165, 1.54) is 12.1 Å². The Balaban J connectivity index is 1.86. The number of ether oxygens (including phenoxy) is 1. The Bertz CT molecular complexity index is 736. The summed E-state index contributed by atoms with van der Waals surface area (Å²) in [5.41, 5.74) is 3.76. The molecule has 4 rings (SSSR count). The minimum absolute atomic E-state index is 0.306. The van der Waals surface area contributed by atoms with Crippen LogP contribution in [0.2, 0.25) is 5.02 Å². The predicted molar refractivity (Wildman–Crippen MR) is 83.9 cm³/mol. The lowest BCUT2D eigenvalue weighted by Crippen LogP contribution is -2.09. The molecule has 1 aromatic carbocycles. The number of carbonyl (C=O) groups excluding carboxylic acids is 1. The van der Waals surface area contributed by atoms with E-state index in [0.29, 0.717) is 29.2 Å². The molecular weight excluding hydrogens is 300 g/mol. The summed E-state index contributed by atoms with van der Waals surface area (Å²) in [6.07, 6.45) is 3.46. The summed E-state index contributed by atoms with van der Waals surface area (Å²) in [5.74, 6) is 0.658. The van der Waals surface area contributed by atoms with E-state index in [-0.39, 0.29) is 5.97 Å². The average Bonchev–Trinajstić information content (AvgIpc) is 3.20. The highest BCUT2D eigenvalue weighted by Gasteiger charge is 2.44. The van der Waals surface area contributed by atoms with Crippen LogP contribution in [0.15, 0.2) is 24.3 Å². The van der Waals surface area contributed by atoms with E-state index >= 15 is 0 Å². The van der Waals surface area contributed by atoms with Crippen molar-refractivity contribution in [3.8, 4) is 5.69 Å². The molecule has 2 atom stereocenters. The van der Waals surface area contributed by atoms with Gasteiger partial charge in [-0.1, -0.05) is 11.6 Å². The van der Waals surface area contributed by atoms with Crippen molar-refractivity contribution in [2.75, 3.05) is 6.61 Å². The Labute approximate surface area is 134 Å². The number of benzene rings is 1. The molecule has 0 aliphatic heterocycles. The van der Waals surface area contributed by atoms with E-state index in [1.807, 2.05) is 35.9 Å². The fourth-order valence-electron chi connectivity index (χ4n) is 3.86. The number of nitrogens with zero attached hydrogens (tertiary/aromatic N) is 2. The predicted octanol–water partition coefficient (Wildman–Crippen LogP) is 4.07. The largest absolute Gasteiger partial charge is 0.461 e. The molecule has 0 radical (unpaired) electrons. The van der Waals surface area contributed by atoms with Crippen LogP contribution in [0.1, 0.15) is 59.8 Å². The molecule has 4 nitrogen and oxygen atoms in total. The van der Waals surface area contributed by atoms with Gasteiger partial charge in [0, 0.05) is 16.5 Å². The monoisotopic (exact) mass is 316 g/mol. The van der Waals surface area contributed by atoms with Crippen LogP contribution < -0.4 is 0 Å². The summed E-state index contributed by atoms with van der Waals surface area (Å²) in [6.45, 7) is 2.19. The Morgan fingerprint density at radius 1 is 1.32 bits per heavy atom. The summed E-state index contributed by atoms with van der Waals surface area (Å²) < 4.78 is 7.11. The van der Waals surface area contributed by atoms with Gasteiger partial charge in [-0.05, 0) is 56.4 Å². The molecule has 1 aromatic heterocycles. The van der Waals surface area contributed by atoms with Crippen LogP contribution in [0.4, 0.5) is 0 Å². The SMILES string of the molecule is CCOC(=O)c1nn(-c2ccc(Cl)cc2)c2c1C1CCC2C1. The molecular formula is C17H17ClN2O2. The molecule has 1 heterocycles. The second kappa shape index (κ2) is 5.13. The minimum Gasteiger partial charge on any atom is -0.461 e. The Hall–Kier alpha value is -1.81. The van der Waals surface area contributed by atoms with Gasteiger partial charge in [0.15, 0.2) is 5.69 Å². The van der Waals surface area contributed by atoms with Crippen LogP contribution in [-0.2, 0) is 4.74 Å². The van der Waals surface area contributed by atoms with Crippen LogP contribution in [-0.4, -0.2) is 22.4 Å². The molecule has 22 heavy (non-hydrogen) atoms. The van der Waals surface area contributed by atoms with Gasteiger partial charge in [0.25, 0.3) is 0 Å². The number of rotatable bonds is 3. The van der Waals surface area contributed by atoms with Crippen molar-refractivity contribution in [1.29, 1.82) is 0 Å². The highest BCUT2D eigenvalue weighted by Crippen LogP contribution is 2.54. The number of halogens is 1. The number of aromatic nitrogens is 2. The molecule has 2 bridgehead atoms. The minimum atomic E-state index is -0.306. The van der Waals surface area contributed by atoms with Crippen molar-refractivity contribution in [2.24, 2.45) is 0 Å². The standard InChI is InChI=1S/C17H17ClN2O2/c1-2-22-17(21)15-14-10-3-4-11(9-10)16(14)20(19-15)13-7-5-12(18)6-8-13/h5-8,10-11H,2-4,9H2,1H3. The van der Waals surface area contributed by atoms with Gasteiger partial charge in [0.2, 0.25) is 0 Å². The first kappa shape index (κ1) is 13.8. The summed E-state index contributed by atoms with van der Waals surface area (Å²) in [5, 5.41) is 5.28. The molecule has 1 saturated carbocycles. The van der Waals surface area contributed by atoms with Crippen molar-refractivity contribution < 1.29 is 9.53 Å². The second-order valence-corrected chi connectivity index (χ2v) is 6.40. The third kappa shape index (κ3) is 1.97. The molecule has 5 heteroatoms. The molecule has 2 unspecified atom stereocenters. The number of esters is 1. The maximum atomic E-state index is 12.3. The first-order valence-corrected chi connectivity index (χ1v) is 8.12. The zero-order chi connectivity index (χ0) is 15.3. The van der Waals surface area contributed by atoms with Gasteiger partial charge in [-0.25, -0.2) is 9.48 Å². The highest BCUT2D eigenvalue weighted by atomic mass is 35.5. The maximum Gasteiger partial charge on any atom is 0.359 e. The molecule has 0 spiro atoms. The van der Waals surface area contributed by atoms with E-state index in [2.05, 4.69) is 5.10 Å². The Morgan fingerprint density at radius 3 is 2.77 bits per heavy atom. The van der Waals surface area contributed by atoms with E-state index in [9.17, 15) is 4.79 Å². The zero-order valence-corrected chi connectivity index (χ0v) is 13.1. The average molecular weight is 317 g/mol. The lowest BCUT2D eigenvalue weighted by molar-refractivity contribution is 0.0517. The van der Waals surface area contributed by atoms with Crippen LogP contribution >= 0.6 is 11.6 Å². The van der Waals surface area contributed by atoms with Crippen molar-refractivity contribution in [3.63, 3.8) is 0 Å². The molecule has 0 saturated heterocycles. The Morgan fingerprint density at radius 2 is 2.05 bits per heavy atom. The molecule has 0 amide bonds. The number of carbonyl (C=O) groups is 1.